The standard InChI is InChI=1S/C15H18N2O5S/c1-16-11-5-3-4-6-12(11)23(20,21)17(14(16)19)10-15(7-8-15)9-13(18)22-2/h3-6H,7-10H2,1-2H3. The third-order valence-corrected chi connectivity index (χ3v) is 6.24. The molecule has 1 aromatic carbocycles. The van der Waals surface area contributed by atoms with E-state index >= 15 is 0 Å². The van der Waals surface area contributed by atoms with Gasteiger partial charge in [0.15, 0.2) is 0 Å². The number of hydrogen-bond acceptors (Lipinski definition) is 5. The van der Waals surface area contributed by atoms with Crippen molar-refractivity contribution in [2.75, 3.05) is 25.6 Å². The number of esters is 1. The molecule has 2 aliphatic rings. The van der Waals surface area contributed by atoms with E-state index < -0.39 is 27.4 Å². The Morgan fingerprint density at radius 2 is 1.96 bits per heavy atom. The molecule has 1 heterocycles. The van der Waals surface area contributed by atoms with Crippen LogP contribution < -0.4 is 4.90 Å². The summed E-state index contributed by atoms with van der Waals surface area (Å²) in [6.45, 7) is 0.00193. The highest BCUT2D eigenvalue weighted by atomic mass is 32.2. The van der Waals surface area contributed by atoms with Gasteiger partial charge in [0.1, 0.15) is 4.90 Å². The van der Waals surface area contributed by atoms with Gasteiger partial charge in [0.2, 0.25) is 0 Å². The Labute approximate surface area is 134 Å². The van der Waals surface area contributed by atoms with Crippen LogP contribution in [0, 0.1) is 5.41 Å². The van der Waals surface area contributed by atoms with Gasteiger partial charge in [-0.25, -0.2) is 17.5 Å². The lowest BCUT2D eigenvalue weighted by atomic mass is 10.0. The number of nitrogens with zero attached hydrogens (tertiary/aromatic N) is 2. The minimum Gasteiger partial charge on any atom is -0.469 e. The summed E-state index contributed by atoms with van der Waals surface area (Å²) in [6, 6.07) is 5.80. The SMILES string of the molecule is COC(=O)CC1(CN2C(=O)N(C)c3ccccc3S2(=O)=O)CC1. The number of ether oxygens (including phenoxy) is 1. The van der Waals surface area contributed by atoms with Gasteiger partial charge in [-0.15, -0.1) is 0 Å². The van der Waals surface area contributed by atoms with E-state index in [4.69, 9.17) is 0 Å². The first-order chi connectivity index (χ1) is 10.8. The molecule has 23 heavy (non-hydrogen) atoms. The minimum absolute atomic E-state index is 0.00193. The number of benzene rings is 1. The molecule has 0 spiro atoms. The second kappa shape index (κ2) is 5.23. The molecule has 124 valence electrons. The van der Waals surface area contributed by atoms with Gasteiger partial charge in [0.05, 0.1) is 19.2 Å². The molecule has 8 heteroatoms. The van der Waals surface area contributed by atoms with Crippen molar-refractivity contribution in [3.05, 3.63) is 24.3 Å². The van der Waals surface area contributed by atoms with Crippen molar-refractivity contribution in [1.82, 2.24) is 4.31 Å². The van der Waals surface area contributed by atoms with Crippen molar-refractivity contribution in [2.24, 2.45) is 5.41 Å². The Hall–Kier alpha value is -2.09. The number of amides is 2. The third kappa shape index (κ3) is 2.56. The molecule has 0 unspecified atom stereocenters. The summed E-state index contributed by atoms with van der Waals surface area (Å²) < 4.78 is 31.1. The van der Waals surface area contributed by atoms with Gasteiger partial charge < -0.3 is 4.74 Å². The molecule has 7 nitrogen and oxygen atoms in total. The average Bonchev–Trinajstić information content (AvgIpc) is 3.29. The number of anilines is 1. The molecule has 0 aromatic heterocycles. The third-order valence-electron chi connectivity index (χ3n) is 4.48. The normalized spacial score (nSPS) is 20.9. The van der Waals surface area contributed by atoms with E-state index in [9.17, 15) is 18.0 Å². The second-order valence-electron chi connectivity index (χ2n) is 6.07. The molecule has 1 saturated carbocycles. The van der Waals surface area contributed by atoms with E-state index in [-0.39, 0.29) is 17.9 Å². The topological polar surface area (TPSA) is 84.0 Å². The summed E-state index contributed by atoms with van der Waals surface area (Å²) in [5.41, 5.74) is -0.130. The highest BCUT2D eigenvalue weighted by Crippen LogP contribution is 2.51. The van der Waals surface area contributed by atoms with Gasteiger partial charge in [-0.1, -0.05) is 12.1 Å². The van der Waals surface area contributed by atoms with E-state index in [1.165, 1.54) is 18.1 Å². The molecule has 0 bridgehead atoms. The summed E-state index contributed by atoms with van der Waals surface area (Å²) >= 11 is 0. The van der Waals surface area contributed by atoms with Gasteiger partial charge in [-0.2, -0.15) is 0 Å². The van der Waals surface area contributed by atoms with Crippen LogP contribution in [-0.4, -0.2) is 45.4 Å². The molecule has 1 aromatic rings. The zero-order valence-electron chi connectivity index (χ0n) is 13.0. The predicted molar refractivity (Wildman–Crippen MR) is 82.4 cm³/mol. The molecule has 0 N–H and O–H groups in total. The number of carbonyl (C=O) groups is 2. The number of methoxy groups -OCH3 is 1. The summed E-state index contributed by atoms with van der Waals surface area (Å²) in [5.74, 6) is -0.391. The quantitative estimate of drug-likeness (QED) is 0.779. The van der Waals surface area contributed by atoms with E-state index in [1.807, 2.05) is 0 Å². The first-order valence-corrected chi connectivity index (χ1v) is 8.71. The number of sulfonamides is 1. The van der Waals surface area contributed by atoms with Crippen molar-refractivity contribution in [3.8, 4) is 0 Å². The van der Waals surface area contributed by atoms with Crippen LogP contribution in [-0.2, 0) is 19.6 Å². The Balaban J connectivity index is 1.94. The monoisotopic (exact) mass is 338 g/mol. The maximum Gasteiger partial charge on any atom is 0.338 e. The molecule has 2 amide bonds. The fourth-order valence-electron chi connectivity index (χ4n) is 2.85. The van der Waals surface area contributed by atoms with E-state index in [0.29, 0.717) is 18.5 Å². The van der Waals surface area contributed by atoms with Gasteiger partial charge >= 0.3 is 12.0 Å². The summed E-state index contributed by atoms with van der Waals surface area (Å²) in [4.78, 5) is 25.5. The Kier molecular flexibility index (Phi) is 3.59. The zero-order chi connectivity index (χ0) is 16.8. The maximum atomic E-state index is 12.8. The lowest BCUT2D eigenvalue weighted by Gasteiger charge is -2.35. The van der Waals surface area contributed by atoms with Crippen LogP contribution in [0.4, 0.5) is 10.5 Å². The van der Waals surface area contributed by atoms with Gasteiger partial charge in [-0.05, 0) is 30.4 Å². The van der Waals surface area contributed by atoms with Crippen LogP contribution in [0.5, 0.6) is 0 Å². The van der Waals surface area contributed by atoms with Crippen molar-refractivity contribution in [2.45, 2.75) is 24.2 Å². The average molecular weight is 338 g/mol. The largest absolute Gasteiger partial charge is 0.469 e. The molecule has 1 fully saturated rings. The summed E-state index contributed by atoms with van der Waals surface area (Å²) in [6.07, 6.45) is 1.52. The number of urea groups is 1. The highest BCUT2D eigenvalue weighted by molar-refractivity contribution is 7.90. The highest BCUT2D eigenvalue weighted by Gasteiger charge is 2.51. The van der Waals surface area contributed by atoms with E-state index in [0.717, 1.165) is 4.31 Å². The van der Waals surface area contributed by atoms with Crippen LogP contribution in [0.3, 0.4) is 0 Å². The van der Waals surface area contributed by atoms with Crippen molar-refractivity contribution < 1.29 is 22.7 Å². The number of para-hydroxylation sites is 1. The van der Waals surface area contributed by atoms with Crippen molar-refractivity contribution in [1.29, 1.82) is 0 Å². The Morgan fingerprint density at radius 3 is 2.57 bits per heavy atom. The number of hydrogen-bond donors (Lipinski definition) is 0. The second-order valence-corrected chi connectivity index (χ2v) is 7.90. The number of fused-ring (bicyclic) bond motifs is 1. The lowest BCUT2D eigenvalue weighted by molar-refractivity contribution is -0.142. The van der Waals surface area contributed by atoms with Crippen molar-refractivity contribution >= 4 is 27.7 Å². The van der Waals surface area contributed by atoms with Gasteiger partial charge in [0.25, 0.3) is 10.0 Å². The van der Waals surface area contributed by atoms with E-state index in [1.54, 1.807) is 25.2 Å². The molecule has 3 rings (SSSR count). The molecule has 1 aliphatic carbocycles. The number of rotatable bonds is 4. The van der Waals surface area contributed by atoms with Gasteiger partial charge in [0, 0.05) is 13.6 Å². The number of carbonyl (C=O) groups excluding carboxylic acids is 2. The van der Waals surface area contributed by atoms with Crippen LogP contribution in [0.15, 0.2) is 29.2 Å². The zero-order valence-corrected chi connectivity index (χ0v) is 13.8. The maximum absolute atomic E-state index is 12.8. The van der Waals surface area contributed by atoms with Crippen LogP contribution in [0.1, 0.15) is 19.3 Å². The van der Waals surface area contributed by atoms with Crippen LogP contribution in [0.2, 0.25) is 0 Å². The molecular weight excluding hydrogens is 320 g/mol. The first kappa shape index (κ1) is 15.8. The lowest BCUT2D eigenvalue weighted by Crippen LogP contribution is -2.51. The molecule has 0 atom stereocenters. The van der Waals surface area contributed by atoms with Crippen molar-refractivity contribution in [3.63, 3.8) is 0 Å². The fourth-order valence-corrected chi connectivity index (χ4v) is 4.58. The molecule has 1 aliphatic heterocycles. The summed E-state index contributed by atoms with van der Waals surface area (Å²) in [7, 11) is -1.07. The molecular formula is C15H18N2O5S. The predicted octanol–water partition coefficient (Wildman–Crippen LogP) is 1.59. The van der Waals surface area contributed by atoms with Gasteiger partial charge in [-0.3, -0.25) is 9.69 Å². The Morgan fingerprint density at radius 1 is 1.30 bits per heavy atom. The van der Waals surface area contributed by atoms with Crippen LogP contribution in [0.25, 0.3) is 0 Å². The van der Waals surface area contributed by atoms with Crippen LogP contribution >= 0.6 is 0 Å². The Bertz CT molecular complexity index is 770. The summed E-state index contributed by atoms with van der Waals surface area (Å²) in [5, 5.41) is 0. The minimum atomic E-state index is -3.91. The first-order valence-electron chi connectivity index (χ1n) is 7.27. The molecule has 0 radical (unpaired) electrons. The fraction of sp³-hybridized carbons (Fsp3) is 0.467. The smallest absolute Gasteiger partial charge is 0.338 e. The molecule has 0 saturated heterocycles. The van der Waals surface area contributed by atoms with E-state index in [2.05, 4.69) is 4.74 Å².